The first-order chi connectivity index (χ1) is 7.83. The summed E-state index contributed by atoms with van der Waals surface area (Å²) in [7, 11) is 0. The second kappa shape index (κ2) is 4.68. The molecule has 2 saturated carbocycles. The Labute approximate surface area is 100 Å². The summed E-state index contributed by atoms with van der Waals surface area (Å²) >= 11 is 0. The van der Waals surface area contributed by atoms with E-state index in [9.17, 15) is 0 Å². The van der Waals surface area contributed by atoms with E-state index in [0.29, 0.717) is 0 Å². The van der Waals surface area contributed by atoms with Crippen LogP contribution in [0.1, 0.15) is 64.7 Å². The van der Waals surface area contributed by atoms with Gasteiger partial charge in [0.1, 0.15) is 0 Å². The van der Waals surface area contributed by atoms with Crippen molar-refractivity contribution in [2.45, 2.75) is 76.8 Å². The van der Waals surface area contributed by atoms with Crippen molar-refractivity contribution in [3.63, 3.8) is 0 Å². The summed E-state index contributed by atoms with van der Waals surface area (Å²) in [6, 6.07) is 1.78. The molecular formula is C15H27N. The maximum atomic E-state index is 4.00. The Morgan fingerprint density at radius 1 is 0.688 bits per heavy atom. The monoisotopic (exact) mass is 221 g/mol. The number of nitrogens with one attached hydrogen (secondary N) is 1. The second-order valence-electron chi connectivity index (χ2n) is 6.67. The van der Waals surface area contributed by atoms with Gasteiger partial charge in [0.15, 0.2) is 0 Å². The van der Waals surface area contributed by atoms with E-state index >= 15 is 0 Å². The molecule has 3 atom stereocenters. The molecule has 1 heteroatoms. The van der Waals surface area contributed by atoms with E-state index in [2.05, 4.69) is 12.2 Å². The molecular weight excluding hydrogens is 194 g/mol. The molecule has 0 aromatic rings. The van der Waals surface area contributed by atoms with Crippen LogP contribution in [0.25, 0.3) is 0 Å². The van der Waals surface area contributed by atoms with Gasteiger partial charge in [-0.1, -0.05) is 26.2 Å². The summed E-state index contributed by atoms with van der Waals surface area (Å²) in [6.07, 6.45) is 13.4. The van der Waals surface area contributed by atoms with E-state index in [4.69, 9.17) is 0 Å². The first kappa shape index (κ1) is 11.1. The first-order valence-corrected chi connectivity index (χ1v) is 7.59. The number of hydrogen-bond donors (Lipinski definition) is 1. The van der Waals surface area contributed by atoms with Gasteiger partial charge in [0.25, 0.3) is 0 Å². The Morgan fingerprint density at radius 2 is 1.31 bits per heavy atom. The minimum absolute atomic E-state index is 0.881. The Morgan fingerprint density at radius 3 is 2.12 bits per heavy atom. The largest absolute Gasteiger partial charge is 0.311 e. The van der Waals surface area contributed by atoms with Crippen molar-refractivity contribution in [3.05, 3.63) is 0 Å². The van der Waals surface area contributed by atoms with Crippen LogP contribution in [0.15, 0.2) is 0 Å². The van der Waals surface area contributed by atoms with Crippen LogP contribution in [0.2, 0.25) is 0 Å². The van der Waals surface area contributed by atoms with Crippen LogP contribution in [-0.4, -0.2) is 12.1 Å². The predicted molar refractivity (Wildman–Crippen MR) is 68.4 cm³/mol. The van der Waals surface area contributed by atoms with Crippen molar-refractivity contribution >= 4 is 0 Å². The molecule has 0 bridgehead atoms. The molecule has 0 amide bonds. The smallest absolute Gasteiger partial charge is 0.00981 e. The lowest BCUT2D eigenvalue weighted by molar-refractivity contribution is 0.162. The minimum Gasteiger partial charge on any atom is -0.311 e. The lowest BCUT2D eigenvalue weighted by Gasteiger charge is -2.40. The minimum atomic E-state index is 0.881. The van der Waals surface area contributed by atoms with Crippen molar-refractivity contribution < 1.29 is 0 Å². The average molecular weight is 221 g/mol. The molecule has 3 aliphatic rings. The molecule has 0 aromatic heterocycles. The summed E-state index contributed by atoms with van der Waals surface area (Å²) in [4.78, 5) is 0. The SMILES string of the molecule is CC1CCC(C2CCC3CCCC3N2)CC1. The number of rotatable bonds is 1. The van der Waals surface area contributed by atoms with Crippen molar-refractivity contribution in [3.8, 4) is 0 Å². The summed E-state index contributed by atoms with van der Waals surface area (Å²) in [5, 5.41) is 4.00. The molecule has 3 unspecified atom stereocenters. The third kappa shape index (κ3) is 2.16. The Kier molecular flexibility index (Phi) is 3.24. The lowest BCUT2D eigenvalue weighted by Crippen LogP contribution is -2.49. The van der Waals surface area contributed by atoms with Crippen LogP contribution >= 0.6 is 0 Å². The van der Waals surface area contributed by atoms with Gasteiger partial charge < -0.3 is 5.32 Å². The third-order valence-electron chi connectivity index (χ3n) is 5.57. The summed E-state index contributed by atoms with van der Waals surface area (Å²) < 4.78 is 0. The Hall–Kier alpha value is -0.0400. The molecule has 3 rings (SSSR count). The average Bonchev–Trinajstić information content (AvgIpc) is 2.77. The third-order valence-corrected chi connectivity index (χ3v) is 5.57. The molecule has 1 saturated heterocycles. The van der Waals surface area contributed by atoms with Crippen LogP contribution in [0, 0.1) is 17.8 Å². The van der Waals surface area contributed by atoms with Gasteiger partial charge in [-0.25, -0.2) is 0 Å². The molecule has 1 N–H and O–H groups in total. The molecule has 16 heavy (non-hydrogen) atoms. The maximum absolute atomic E-state index is 4.00. The van der Waals surface area contributed by atoms with Gasteiger partial charge in [0, 0.05) is 12.1 Å². The van der Waals surface area contributed by atoms with Crippen molar-refractivity contribution in [1.82, 2.24) is 5.32 Å². The van der Waals surface area contributed by atoms with Crippen LogP contribution in [0.3, 0.4) is 0 Å². The molecule has 0 spiro atoms. The van der Waals surface area contributed by atoms with Crippen LogP contribution in [0.4, 0.5) is 0 Å². The van der Waals surface area contributed by atoms with Crippen LogP contribution < -0.4 is 5.32 Å². The van der Waals surface area contributed by atoms with Gasteiger partial charge in [-0.05, 0) is 56.3 Å². The van der Waals surface area contributed by atoms with Crippen molar-refractivity contribution in [2.24, 2.45) is 17.8 Å². The molecule has 1 nitrogen and oxygen atoms in total. The van der Waals surface area contributed by atoms with Gasteiger partial charge in [-0.15, -0.1) is 0 Å². The lowest BCUT2D eigenvalue weighted by atomic mass is 9.75. The summed E-state index contributed by atoms with van der Waals surface area (Å²) in [6.45, 7) is 2.43. The maximum Gasteiger partial charge on any atom is 0.00981 e. The highest BCUT2D eigenvalue weighted by atomic mass is 15.0. The van der Waals surface area contributed by atoms with Gasteiger partial charge in [0.05, 0.1) is 0 Å². The van der Waals surface area contributed by atoms with Crippen molar-refractivity contribution in [1.29, 1.82) is 0 Å². The number of fused-ring (bicyclic) bond motifs is 1. The molecule has 2 aliphatic carbocycles. The molecule has 92 valence electrons. The normalized spacial score (nSPS) is 48.9. The highest BCUT2D eigenvalue weighted by Crippen LogP contribution is 2.38. The topological polar surface area (TPSA) is 12.0 Å². The zero-order valence-corrected chi connectivity index (χ0v) is 10.8. The van der Waals surface area contributed by atoms with E-state index < -0.39 is 0 Å². The highest BCUT2D eigenvalue weighted by Gasteiger charge is 2.36. The number of hydrogen-bond acceptors (Lipinski definition) is 1. The molecule has 1 aliphatic heterocycles. The molecule has 3 fully saturated rings. The molecule has 1 heterocycles. The van der Waals surface area contributed by atoms with Crippen LogP contribution in [-0.2, 0) is 0 Å². The standard InChI is InChI=1S/C15H27N/c1-11-5-7-13(8-6-11)15-10-9-12-3-2-4-14(12)16-15/h11-16H,2-10H2,1H3. The first-order valence-electron chi connectivity index (χ1n) is 7.59. The quantitative estimate of drug-likeness (QED) is 0.711. The van der Waals surface area contributed by atoms with Crippen molar-refractivity contribution in [2.75, 3.05) is 0 Å². The predicted octanol–water partition coefficient (Wildman–Crippen LogP) is 3.73. The van der Waals surface area contributed by atoms with E-state index in [1.807, 2.05) is 0 Å². The molecule has 0 radical (unpaired) electrons. The Bertz CT molecular complexity index is 230. The van der Waals surface area contributed by atoms with E-state index in [1.165, 1.54) is 57.8 Å². The fourth-order valence-electron chi connectivity index (χ4n) is 4.41. The van der Waals surface area contributed by atoms with Crippen LogP contribution in [0.5, 0.6) is 0 Å². The Balaban J connectivity index is 1.55. The number of piperidine rings is 1. The van der Waals surface area contributed by atoms with Gasteiger partial charge in [-0.2, -0.15) is 0 Å². The van der Waals surface area contributed by atoms with E-state index in [1.54, 1.807) is 0 Å². The van der Waals surface area contributed by atoms with E-state index in [0.717, 1.165) is 29.8 Å². The fourth-order valence-corrected chi connectivity index (χ4v) is 4.41. The highest BCUT2D eigenvalue weighted by molar-refractivity contribution is 4.93. The van der Waals surface area contributed by atoms with E-state index in [-0.39, 0.29) is 0 Å². The van der Waals surface area contributed by atoms with Gasteiger partial charge in [-0.3, -0.25) is 0 Å². The molecule has 0 aromatic carbocycles. The zero-order chi connectivity index (χ0) is 11.0. The second-order valence-corrected chi connectivity index (χ2v) is 6.67. The fraction of sp³-hybridized carbons (Fsp3) is 1.00. The summed E-state index contributed by atoms with van der Waals surface area (Å²) in [5.74, 6) is 3.05. The zero-order valence-electron chi connectivity index (χ0n) is 10.8. The van der Waals surface area contributed by atoms with Gasteiger partial charge >= 0.3 is 0 Å². The van der Waals surface area contributed by atoms with Gasteiger partial charge in [0.2, 0.25) is 0 Å². The summed E-state index contributed by atoms with van der Waals surface area (Å²) in [5.41, 5.74) is 0.